The summed E-state index contributed by atoms with van der Waals surface area (Å²) in [6, 6.07) is 0.448. The summed E-state index contributed by atoms with van der Waals surface area (Å²) in [6.45, 7) is 10.0. The van der Waals surface area contributed by atoms with Crippen LogP contribution in [0.3, 0.4) is 0 Å². The SMILES string of the molecule is CC1CCC(C(CN)N2CCC(C(C)C)C2)O1. The maximum atomic E-state index is 6.00. The topological polar surface area (TPSA) is 38.5 Å². The van der Waals surface area contributed by atoms with Crippen molar-refractivity contribution >= 4 is 0 Å². The number of hydrogen-bond donors (Lipinski definition) is 1. The zero-order chi connectivity index (χ0) is 12.4. The Balaban J connectivity index is 1.91. The third kappa shape index (κ3) is 3.01. The van der Waals surface area contributed by atoms with E-state index in [-0.39, 0.29) is 0 Å². The summed E-state index contributed by atoms with van der Waals surface area (Å²) < 4.78 is 6.00. The summed E-state index contributed by atoms with van der Waals surface area (Å²) >= 11 is 0. The first kappa shape index (κ1) is 13.3. The van der Waals surface area contributed by atoms with E-state index in [9.17, 15) is 0 Å². The Morgan fingerprint density at radius 2 is 2.06 bits per heavy atom. The van der Waals surface area contributed by atoms with Gasteiger partial charge in [-0.1, -0.05) is 13.8 Å². The monoisotopic (exact) mass is 240 g/mol. The minimum atomic E-state index is 0.376. The number of rotatable bonds is 4. The molecule has 100 valence electrons. The zero-order valence-corrected chi connectivity index (χ0v) is 11.6. The van der Waals surface area contributed by atoms with Crippen LogP contribution in [-0.2, 0) is 4.74 Å². The minimum Gasteiger partial charge on any atom is -0.374 e. The molecule has 0 aromatic heterocycles. The van der Waals surface area contributed by atoms with Crippen LogP contribution in [0.25, 0.3) is 0 Å². The van der Waals surface area contributed by atoms with Crippen molar-refractivity contribution in [3.05, 3.63) is 0 Å². The number of nitrogens with zero attached hydrogens (tertiary/aromatic N) is 1. The molecule has 0 amide bonds. The van der Waals surface area contributed by atoms with Gasteiger partial charge in [0.2, 0.25) is 0 Å². The molecule has 2 fully saturated rings. The quantitative estimate of drug-likeness (QED) is 0.815. The second-order valence-electron chi connectivity index (χ2n) is 6.15. The molecule has 4 unspecified atom stereocenters. The van der Waals surface area contributed by atoms with Crippen molar-refractivity contribution in [2.24, 2.45) is 17.6 Å². The van der Waals surface area contributed by atoms with Crippen molar-refractivity contribution in [1.82, 2.24) is 4.90 Å². The Morgan fingerprint density at radius 1 is 1.29 bits per heavy atom. The lowest BCUT2D eigenvalue weighted by atomic mass is 9.95. The molecule has 17 heavy (non-hydrogen) atoms. The van der Waals surface area contributed by atoms with E-state index in [1.54, 1.807) is 0 Å². The molecule has 2 rings (SSSR count). The predicted molar refractivity (Wildman–Crippen MR) is 70.9 cm³/mol. The van der Waals surface area contributed by atoms with Crippen LogP contribution in [0, 0.1) is 11.8 Å². The first-order valence-electron chi connectivity index (χ1n) is 7.21. The molecular formula is C14H28N2O. The number of hydrogen-bond acceptors (Lipinski definition) is 3. The maximum absolute atomic E-state index is 6.00. The third-order valence-electron chi connectivity index (χ3n) is 4.60. The molecule has 3 heteroatoms. The van der Waals surface area contributed by atoms with Gasteiger partial charge in [0.1, 0.15) is 0 Å². The normalized spacial score (nSPS) is 36.9. The number of ether oxygens (including phenoxy) is 1. The summed E-state index contributed by atoms with van der Waals surface area (Å²) in [6.07, 6.45) is 4.52. The second kappa shape index (κ2) is 5.68. The largest absolute Gasteiger partial charge is 0.374 e. The van der Waals surface area contributed by atoms with Gasteiger partial charge < -0.3 is 10.5 Å². The fraction of sp³-hybridized carbons (Fsp3) is 1.00. The van der Waals surface area contributed by atoms with Crippen LogP contribution in [0.4, 0.5) is 0 Å². The molecule has 2 aliphatic heterocycles. The lowest BCUT2D eigenvalue weighted by molar-refractivity contribution is 0.000760. The summed E-state index contributed by atoms with van der Waals surface area (Å²) in [5.74, 6) is 1.64. The fourth-order valence-corrected chi connectivity index (χ4v) is 3.31. The van der Waals surface area contributed by atoms with E-state index in [0.717, 1.165) is 18.4 Å². The van der Waals surface area contributed by atoms with Gasteiger partial charge in [-0.15, -0.1) is 0 Å². The minimum absolute atomic E-state index is 0.376. The average molecular weight is 240 g/mol. The van der Waals surface area contributed by atoms with Crippen LogP contribution in [0.2, 0.25) is 0 Å². The van der Waals surface area contributed by atoms with Crippen molar-refractivity contribution in [3.8, 4) is 0 Å². The van der Waals surface area contributed by atoms with Gasteiger partial charge in [0.25, 0.3) is 0 Å². The highest BCUT2D eigenvalue weighted by Gasteiger charge is 2.36. The van der Waals surface area contributed by atoms with Gasteiger partial charge in [-0.25, -0.2) is 0 Å². The van der Waals surface area contributed by atoms with Gasteiger partial charge in [-0.3, -0.25) is 4.90 Å². The van der Waals surface area contributed by atoms with E-state index in [1.165, 1.54) is 32.4 Å². The first-order chi connectivity index (χ1) is 8.11. The van der Waals surface area contributed by atoms with Gasteiger partial charge in [0, 0.05) is 19.1 Å². The van der Waals surface area contributed by atoms with Gasteiger partial charge in [-0.2, -0.15) is 0 Å². The van der Waals surface area contributed by atoms with Crippen LogP contribution >= 0.6 is 0 Å². The van der Waals surface area contributed by atoms with E-state index < -0.39 is 0 Å². The highest BCUT2D eigenvalue weighted by molar-refractivity contribution is 4.90. The molecule has 4 atom stereocenters. The predicted octanol–water partition coefficient (Wildman–Crippen LogP) is 1.86. The van der Waals surface area contributed by atoms with Crippen molar-refractivity contribution in [1.29, 1.82) is 0 Å². The highest BCUT2D eigenvalue weighted by Crippen LogP contribution is 2.30. The Kier molecular flexibility index (Phi) is 4.45. The van der Waals surface area contributed by atoms with Crippen LogP contribution in [0.15, 0.2) is 0 Å². The molecule has 0 radical (unpaired) electrons. The summed E-state index contributed by atoms with van der Waals surface area (Å²) in [4.78, 5) is 2.58. The molecular weight excluding hydrogens is 212 g/mol. The van der Waals surface area contributed by atoms with E-state index >= 15 is 0 Å². The standard InChI is InChI=1S/C14H28N2O/c1-10(2)12-6-7-16(9-12)13(8-15)14-5-4-11(3)17-14/h10-14H,4-9,15H2,1-3H3. The highest BCUT2D eigenvalue weighted by atomic mass is 16.5. The Labute approximate surface area is 106 Å². The van der Waals surface area contributed by atoms with E-state index in [2.05, 4.69) is 25.7 Å². The molecule has 2 N–H and O–H groups in total. The molecule has 2 aliphatic rings. The molecule has 3 nitrogen and oxygen atoms in total. The summed E-state index contributed by atoms with van der Waals surface area (Å²) in [5.41, 5.74) is 5.98. The van der Waals surface area contributed by atoms with Gasteiger partial charge in [0.15, 0.2) is 0 Å². The van der Waals surface area contributed by atoms with Crippen molar-refractivity contribution in [2.45, 2.75) is 58.3 Å². The van der Waals surface area contributed by atoms with E-state index in [1.807, 2.05) is 0 Å². The number of likely N-dealkylation sites (tertiary alicyclic amines) is 1. The van der Waals surface area contributed by atoms with Crippen LogP contribution in [-0.4, -0.2) is 42.8 Å². The summed E-state index contributed by atoms with van der Waals surface area (Å²) in [7, 11) is 0. The second-order valence-corrected chi connectivity index (χ2v) is 6.15. The Bertz CT molecular complexity index is 244. The Hall–Kier alpha value is -0.120. The van der Waals surface area contributed by atoms with Gasteiger partial charge in [-0.05, 0) is 44.6 Å². The van der Waals surface area contributed by atoms with Crippen LogP contribution in [0.1, 0.15) is 40.0 Å². The molecule has 0 aromatic carbocycles. The average Bonchev–Trinajstić information content (AvgIpc) is 2.89. The molecule has 0 bridgehead atoms. The zero-order valence-electron chi connectivity index (χ0n) is 11.6. The molecule has 2 heterocycles. The molecule has 0 aromatic rings. The van der Waals surface area contributed by atoms with Crippen LogP contribution in [0.5, 0.6) is 0 Å². The molecule has 0 aliphatic carbocycles. The Morgan fingerprint density at radius 3 is 2.53 bits per heavy atom. The van der Waals surface area contributed by atoms with E-state index in [4.69, 9.17) is 10.5 Å². The third-order valence-corrected chi connectivity index (χ3v) is 4.60. The van der Waals surface area contributed by atoms with Gasteiger partial charge in [0.05, 0.1) is 12.2 Å². The van der Waals surface area contributed by atoms with E-state index in [0.29, 0.717) is 18.2 Å². The van der Waals surface area contributed by atoms with Crippen molar-refractivity contribution < 1.29 is 4.74 Å². The lowest BCUT2D eigenvalue weighted by Gasteiger charge is -2.31. The smallest absolute Gasteiger partial charge is 0.0747 e. The molecule has 2 saturated heterocycles. The fourth-order valence-electron chi connectivity index (χ4n) is 3.31. The van der Waals surface area contributed by atoms with Crippen molar-refractivity contribution in [3.63, 3.8) is 0 Å². The molecule has 0 spiro atoms. The number of nitrogens with two attached hydrogens (primary N) is 1. The maximum Gasteiger partial charge on any atom is 0.0747 e. The van der Waals surface area contributed by atoms with Crippen molar-refractivity contribution in [2.75, 3.05) is 19.6 Å². The van der Waals surface area contributed by atoms with Gasteiger partial charge >= 0.3 is 0 Å². The van der Waals surface area contributed by atoms with Crippen LogP contribution < -0.4 is 5.73 Å². The first-order valence-corrected chi connectivity index (χ1v) is 7.21. The molecule has 0 saturated carbocycles. The lowest BCUT2D eigenvalue weighted by Crippen LogP contribution is -2.47. The summed E-state index contributed by atoms with van der Waals surface area (Å²) in [5, 5.41) is 0.